The van der Waals surface area contributed by atoms with E-state index in [4.69, 9.17) is 5.84 Å². The molecule has 0 fully saturated rings. The standard InChI is InChI=1S/C11H17N3O/c1-11(2,3)8-10(15)14(12)9-4-6-13-7-5-9/h4-7H,8,12H2,1-3H3. The van der Waals surface area contributed by atoms with Gasteiger partial charge in [-0.05, 0) is 17.5 Å². The number of hydrogen-bond acceptors (Lipinski definition) is 3. The molecule has 0 unspecified atom stereocenters. The van der Waals surface area contributed by atoms with Gasteiger partial charge in [0.05, 0.1) is 5.69 Å². The van der Waals surface area contributed by atoms with Crippen LogP contribution in [0.4, 0.5) is 5.69 Å². The van der Waals surface area contributed by atoms with Crippen molar-refractivity contribution in [2.24, 2.45) is 11.3 Å². The molecule has 0 radical (unpaired) electrons. The average Bonchev–Trinajstić information content (AvgIpc) is 2.15. The summed E-state index contributed by atoms with van der Waals surface area (Å²) in [6.45, 7) is 6.02. The number of rotatable bonds is 2. The van der Waals surface area contributed by atoms with Crippen LogP contribution < -0.4 is 10.9 Å². The van der Waals surface area contributed by atoms with E-state index in [9.17, 15) is 4.79 Å². The number of aromatic nitrogens is 1. The number of nitrogens with zero attached hydrogens (tertiary/aromatic N) is 2. The molecule has 1 aromatic heterocycles. The van der Waals surface area contributed by atoms with E-state index in [1.54, 1.807) is 24.5 Å². The van der Waals surface area contributed by atoms with E-state index in [0.717, 1.165) is 0 Å². The van der Waals surface area contributed by atoms with Crippen molar-refractivity contribution >= 4 is 11.6 Å². The largest absolute Gasteiger partial charge is 0.273 e. The Labute approximate surface area is 90.1 Å². The van der Waals surface area contributed by atoms with E-state index in [2.05, 4.69) is 4.98 Å². The van der Waals surface area contributed by atoms with Crippen LogP contribution in [0.2, 0.25) is 0 Å². The molecule has 0 bridgehead atoms. The van der Waals surface area contributed by atoms with Gasteiger partial charge in [-0.3, -0.25) is 9.78 Å². The van der Waals surface area contributed by atoms with Crippen LogP contribution in [0.5, 0.6) is 0 Å². The third-order valence-corrected chi connectivity index (χ3v) is 1.89. The van der Waals surface area contributed by atoms with Crippen molar-refractivity contribution in [1.82, 2.24) is 4.98 Å². The van der Waals surface area contributed by atoms with Gasteiger partial charge in [0.2, 0.25) is 5.91 Å². The minimum Gasteiger partial charge on any atom is -0.273 e. The topological polar surface area (TPSA) is 59.2 Å². The van der Waals surface area contributed by atoms with E-state index in [0.29, 0.717) is 12.1 Å². The number of amides is 1. The summed E-state index contributed by atoms with van der Waals surface area (Å²) in [5.74, 6) is 5.61. The van der Waals surface area contributed by atoms with Crippen molar-refractivity contribution in [1.29, 1.82) is 0 Å². The normalized spacial score (nSPS) is 11.2. The van der Waals surface area contributed by atoms with Crippen molar-refractivity contribution in [2.45, 2.75) is 27.2 Å². The Balaban J connectivity index is 2.70. The molecule has 2 N–H and O–H groups in total. The molecule has 0 saturated carbocycles. The molecule has 0 aliphatic rings. The molecule has 1 amide bonds. The van der Waals surface area contributed by atoms with Gasteiger partial charge in [-0.2, -0.15) is 0 Å². The molecular weight excluding hydrogens is 190 g/mol. The second-order valence-corrected chi connectivity index (χ2v) is 4.71. The fourth-order valence-corrected chi connectivity index (χ4v) is 1.19. The smallest absolute Gasteiger partial charge is 0.241 e. The highest BCUT2D eigenvalue weighted by Gasteiger charge is 2.20. The van der Waals surface area contributed by atoms with Gasteiger partial charge in [-0.25, -0.2) is 10.9 Å². The zero-order valence-corrected chi connectivity index (χ0v) is 9.40. The van der Waals surface area contributed by atoms with Crippen LogP contribution in [0.1, 0.15) is 27.2 Å². The SMILES string of the molecule is CC(C)(C)CC(=O)N(N)c1ccncc1. The summed E-state index contributed by atoms with van der Waals surface area (Å²) in [4.78, 5) is 15.6. The molecule has 0 aliphatic heterocycles. The van der Waals surface area contributed by atoms with Crippen molar-refractivity contribution < 1.29 is 4.79 Å². The molecule has 82 valence electrons. The third kappa shape index (κ3) is 3.67. The number of pyridine rings is 1. The molecule has 1 rings (SSSR count). The number of anilines is 1. The molecule has 0 saturated heterocycles. The molecule has 4 heteroatoms. The Morgan fingerprint density at radius 3 is 2.40 bits per heavy atom. The maximum atomic E-state index is 11.7. The first-order valence-corrected chi connectivity index (χ1v) is 4.88. The highest BCUT2D eigenvalue weighted by molar-refractivity contribution is 5.92. The lowest BCUT2D eigenvalue weighted by atomic mass is 9.92. The average molecular weight is 207 g/mol. The quantitative estimate of drug-likeness (QED) is 0.456. The molecular formula is C11H17N3O. The number of nitrogens with two attached hydrogens (primary N) is 1. The van der Waals surface area contributed by atoms with Gasteiger partial charge in [0.25, 0.3) is 0 Å². The van der Waals surface area contributed by atoms with Gasteiger partial charge < -0.3 is 0 Å². The summed E-state index contributed by atoms with van der Waals surface area (Å²) >= 11 is 0. The lowest BCUT2D eigenvalue weighted by molar-refractivity contribution is -0.120. The van der Waals surface area contributed by atoms with E-state index >= 15 is 0 Å². The van der Waals surface area contributed by atoms with E-state index in [-0.39, 0.29) is 11.3 Å². The molecule has 4 nitrogen and oxygen atoms in total. The number of hydrogen-bond donors (Lipinski definition) is 1. The first-order valence-electron chi connectivity index (χ1n) is 4.88. The van der Waals surface area contributed by atoms with E-state index in [1.165, 1.54) is 5.01 Å². The second-order valence-electron chi connectivity index (χ2n) is 4.71. The molecule has 0 atom stereocenters. The first-order chi connectivity index (χ1) is 6.90. The van der Waals surface area contributed by atoms with Crippen LogP contribution >= 0.6 is 0 Å². The molecule has 0 aromatic carbocycles. The predicted molar refractivity (Wildman–Crippen MR) is 60.0 cm³/mol. The molecule has 0 aliphatic carbocycles. The van der Waals surface area contributed by atoms with Crippen LogP contribution in [0, 0.1) is 5.41 Å². The van der Waals surface area contributed by atoms with Crippen molar-refractivity contribution in [3.8, 4) is 0 Å². The minimum atomic E-state index is -0.0892. The monoisotopic (exact) mass is 207 g/mol. The van der Waals surface area contributed by atoms with Gasteiger partial charge in [0.15, 0.2) is 0 Å². The molecule has 0 spiro atoms. The number of carbonyl (C=O) groups excluding carboxylic acids is 1. The zero-order chi connectivity index (χ0) is 11.5. The number of carbonyl (C=O) groups is 1. The Hall–Kier alpha value is -1.42. The maximum absolute atomic E-state index is 11.7. The molecule has 1 aromatic rings. The van der Waals surface area contributed by atoms with Crippen molar-refractivity contribution in [2.75, 3.05) is 5.01 Å². The molecule has 15 heavy (non-hydrogen) atoms. The highest BCUT2D eigenvalue weighted by Crippen LogP contribution is 2.20. The van der Waals surface area contributed by atoms with Gasteiger partial charge in [0, 0.05) is 18.8 Å². The Morgan fingerprint density at radius 1 is 1.40 bits per heavy atom. The minimum absolute atomic E-state index is 0.0538. The summed E-state index contributed by atoms with van der Waals surface area (Å²) in [6, 6.07) is 3.42. The summed E-state index contributed by atoms with van der Waals surface area (Å²) < 4.78 is 0. The fourth-order valence-electron chi connectivity index (χ4n) is 1.19. The highest BCUT2D eigenvalue weighted by atomic mass is 16.2. The Kier molecular flexibility index (Phi) is 3.42. The summed E-state index contributed by atoms with van der Waals surface area (Å²) in [7, 11) is 0. The van der Waals surface area contributed by atoms with Crippen LogP contribution in [0.15, 0.2) is 24.5 Å². The Bertz CT molecular complexity index is 329. The lowest BCUT2D eigenvalue weighted by Gasteiger charge is -2.22. The van der Waals surface area contributed by atoms with Crippen molar-refractivity contribution in [3.05, 3.63) is 24.5 Å². The van der Waals surface area contributed by atoms with Crippen molar-refractivity contribution in [3.63, 3.8) is 0 Å². The van der Waals surface area contributed by atoms with E-state index in [1.807, 2.05) is 20.8 Å². The van der Waals surface area contributed by atoms with Crippen LogP contribution in [0.3, 0.4) is 0 Å². The Morgan fingerprint density at radius 2 is 1.93 bits per heavy atom. The summed E-state index contributed by atoms with van der Waals surface area (Å²) in [5.41, 5.74) is 0.612. The fraction of sp³-hybridized carbons (Fsp3) is 0.455. The lowest BCUT2D eigenvalue weighted by Crippen LogP contribution is -2.39. The van der Waals surface area contributed by atoms with Crippen LogP contribution in [-0.4, -0.2) is 10.9 Å². The molecule has 1 heterocycles. The van der Waals surface area contributed by atoms with E-state index < -0.39 is 0 Å². The summed E-state index contributed by atoms with van der Waals surface area (Å²) in [6.07, 6.45) is 3.64. The van der Waals surface area contributed by atoms with Gasteiger partial charge in [-0.15, -0.1) is 0 Å². The first kappa shape index (κ1) is 11.7. The second kappa shape index (κ2) is 4.40. The zero-order valence-electron chi connectivity index (χ0n) is 9.40. The predicted octanol–water partition coefficient (Wildman–Crippen LogP) is 1.72. The van der Waals surface area contributed by atoms with Gasteiger partial charge in [0.1, 0.15) is 0 Å². The van der Waals surface area contributed by atoms with Gasteiger partial charge in [-0.1, -0.05) is 20.8 Å². The van der Waals surface area contributed by atoms with Crippen LogP contribution in [-0.2, 0) is 4.79 Å². The van der Waals surface area contributed by atoms with Crippen LogP contribution in [0.25, 0.3) is 0 Å². The number of hydrazine groups is 1. The third-order valence-electron chi connectivity index (χ3n) is 1.89. The van der Waals surface area contributed by atoms with Gasteiger partial charge >= 0.3 is 0 Å². The summed E-state index contributed by atoms with van der Waals surface area (Å²) in [5, 5.41) is 1.17. The maximum Gasteiger partial charge on any atom is 0.241 e.